The molecular formula is C35H44N6O3S2. The molecule has 3 aromatic heterocycles. The van der Waals surface area contributed by atoms with Gasteiger partial charge in [-0.1, -0.05) is 31.9 Å². The Balaban J connectivity index is 1.50. The zero-order valence-electron chi connectivity index (χ0n) is 27.2. The molecule has 11 heteroatoms. The molecule has 1 aliphatic rings. The lowest BCUT2D eigenvalue weighted by Gasteiger charge is -2.26. The number of piperidine rings is 1. The number of ether oxygens (including phenoxy) is 1. The fraction of sp³-hybridized carbons (Fsp3) is 0.429. The average molecular weight is 661 g/mol. The summed E-state index contributed by atoms with van der Waals surface area (Å²) in [6, 6.07) is 13.0. The van der Waals surface area contributed by atoms with E-state index in [1.54, 1.807) is 10.8 Å². The van der Waals surface area contributed by atoms with Gasteiger partial charge in [-0.05, 0) is 94.1 Å². The number of hydrogen-bond acceptors (Lipinski definition) is 8. The standard InChI is InChI=1S/C35H44N6O3S2/c1-5-6-20-41-32-27(15-11-16-36-32)29(25-13-10-14-26(23-25)44-21-12-19-40-17-8-7-9-18-40)31(34(41)42)39-35(43)38-30-28(45-3)22-24(2)37-33(30)46-4/h10-11,13-16,22-23H,5-9,12,17-21H2,1-4H3,(H2,38,39,43). The van der Waals surface area contributed by atoms with Gasteiger partial charge >= 0.3 is 6.03 Å². The van der Waals surface area contributed by atoms with Gasteiger partial charge in [0.05, 0.1) is 12.3 Å². The van der Waals surface area contributed by atoms with Gasteiger partial charge in [0.2, 0.25) is 0 Å². The van der Waals surface area contributed by atoms with Crippen LogP contribution in [0.3, 0.4) is 0 Å². The maximum Gasteiger partial charge on any atom is 0.323 e. The predicted octanol–water partition coefficient (Wildman–Crippen LogP) is 7.91. The lowest BCUT2D eigenvalue weighted by atomic mass is 10.00. The minimum atomic E-state index is -0.509. The van der Waals surface area contributed by atoms with E-state index in [2.05, 4.69) is 32.4 Å². The minimum Gasteiger partial charge on any atom is -0.494 e. The van der Waals surface area contributed by atoms with Crippen molar-refractivity contribution in [3.63, 3.8) is 0 Å². The summed E-state index contributed by atoms with van der Waals surface area (Å²) in [5.41, 5.74) is 3.38. The van der Waals surface area contributed by atoms with Crippen LogP contribution in [0.25, 0.3) is 22.2 Å². The molecule has 5 rings (SSSR count). The van der Waals surface area contributed by atoms with Crippen LogP contribution in [0.2, 0.25) is 0 Å². The molecule has 2 N–H and O–H groups in total. The molecule has 9 nitrogen and oxygen atoms in total. The topological polar surface area (TPSA) is 101 Å². The first-order chi connectivity index (χ1) is 22.4. The number of unbranched alkanes of at least 4 members (excludes halogenated alkanes) is 1. The molecule has 1 aromatic carbocycles. The third-order valence-electron chi connectivity index (χ3n) is 8.18. The fourth-order valence-corrected chi connectivity index (χ4v) is 7.22. The number of likely N-dealkylation sites (tertiary alicyclic amines) is 1. The highest BCUT2D eigenvalue weighted by Crippen LogP contribution is 2.36. The van der Waals surface area contributed by atoms with Crippen molar-refractivity contribution in [1.29, 1.82) is 0 Å². The maximum absolute atomic E-state index is 14.2. The van der Waals surface area contributed by atoms with Gasteiger partial charge in [-0.3, -0.25) is 9.36 Å². The van der Waals surface area contributed by atoms with Gasteiger partial charge in [0, 0.05) is 40.8 Å². The monoisotopic (exact) mass is 660 g/mol. The molecule has 1 saturated heterocycles. The van der Waals surface area contributed by atoms with E-state index in [-0.39, 0.29) is 11.2 Å². The molecule has 0 aliphatic carbocycles. The second kappa shape index (κ2) is 16.3. The number of hydrogen-bond donors (Lipinski definition) is 2. The number of thioether (sulfide) groups is 2. The first kappa shape index (κ1) is 33.8. The van der Waals surface area contributed by atoms with Crippen molar-refractivity contribution in [2.75, 3.05) is 49.4 Å². The van der Waals surface area contributed by atoms with Crippen molar-refractivity contribution in [3.05, 3.63) is 64.7 Å². The van der Waals surface area contributed by atoms with Crippen molar-refractivity contribution in [2.45, 2.75) is 68.8 Å². The number of pyridine rings is 3. The van der Waals surface area contributed by atoms with E-state index in [0.717, 1.165) is 53.1 Å². The number of carbonyl (C=O) groups excluding carboxylic acids is 1. The van der Waals surface area contributed by atoms with Crippen LogP contribution in [0.15, 0.2) is 63.4 Å². The van der Waals surface area contributed by atoms with E-state index in [1.807, 2.05) is 61.9 Å². The van der Waals surface area contributed by atoms with Crippen LogP contribution >= 0.6 is 23.5 Å². The lowest BCUT2D eigenvalue weighted by molar-refractivity contribution is 0.205. The first-order valence-corrected chi connectivity index (χ1v) is 18.5. The number of anilines is 2. The summed E-state index contributed by atoms with van der Waals surface area (Å²) in [6.45, 7) is 8.49. The number of fused-ring (bicyclic) bond motifs is 1. The molecule has 0 bridgehead atoms. The van der Waals surface area contributed by atoms with Gasteiger partial charge in [-0.15, -0.1) is 23.5 Å². The van der Waals surface area contributed by atoms with Crippen LogP contribution in [0.4, 0.5) is 16.2 Å². The molecule has 0 radical (unpaired) electrons. The summed E-state index contributed by atoms with van der Waals surface area (Å²) in [7, 11) is 0. The van der Waals surface area contributed by atoms with Crippen LogP contribution in [0.1, 0.15) is 51.1 Å². The number of aryl methyl sites for hydroxylation is 2. The number of rotatable bonds is 13. The van der Waals surface area contributed by atoms with E-state index >= 15 is 0 Å². The molecule has 2 amide bonds. The molecule has 0 unspecified atom stereocenters. The zero-order valence-corrected chi connectivity index (χ0v) is 28.9. The Labute approximate surface area is 279 Å². The summed E-state index contributed by atoms with van der Waals surface area (Å²) in [5, 5.41) is 7.45. The molecule has 1 aliphatic heterocycles. The molecule has 0 spiro atoms. The number of nitrogens with zero attached hydrogens (tertiary/aromatic N) is 4. The maximum atomic E-state index is 14.2. The number of amides is 2. The smallest absolute Gasteiger partial charge is 0.323 e. The third kappa shape index (κ3) is 8.05. The molecule has 46 heavy (non-hydrogen) atoms. The van der Waals surface area contributed by atoms with E-state index in [4.69, 9.17) is 4.74 Å². The van der Waals surface area contributed by atoms with Crippen molar-refractivity contribution in [1.82, 2.24) is 19.4 Å². The summed E-state index contributed by atoms with van der Waals surface area (Å²) < 4.78 is 7.88. The van der Waals surface area contributed by atoms with E-state index in [1.165, 1.54) is 55.9 Å². The molecule has 0 saturated carbocycles. The number of nitrogens with one attached hydrogen (secondary N) is 2. The van der Waals surface area contributed by atoms with E-state index in [9.17, 15) is 9.59 Å². The van der Waals surface area contributed by atoms with Gasteiger partial charge in [-0.25, -0.2) is 14.8 Å². The first-order valence-electron chi connectivity index (χ1n) is 16.1. The Hall–Kier alpha value is -3.54. The Bertz CT molecular complexity index is 1700. The highest BCUT2D eigenvalue weighted by Gasteiger charge is 2.22. The van der Waals surface area contributed by atoms with Gasteiger partial charge in [-0.2, -0.15) is 0 Å². The van der Waals surface area contributed by atoms with Crippen LogP contribution in [-0.2, 0) is 6.54 Å². The molecule has 1 fully saturated rings. The van der Waals surface area contributed by atoms with Gasteiger partial charge < -0.3 is 20.3 Å². The lowest BCUT2D eigenvalue weighted by Crippen LogP contribution is -2.31. The van der Waals surface area contributed by atoms with Crippen LogP contribution in [0.5, 0.6) is 5.75 Å². The molecule has 0 atom stereocenters. The minimum absolute atomic E-state index is 0.202. The Morgan fingerprint density at radius 1 is 0.978 bits per heavy atom. The van der Waals surface area contributed by atoms with Gasteiger partial charge in [0.1, 0.15) is 22.1 Å². The summed E-state index contributed by atoms with van der Waals surface area (Å²) >= 11 is 3.00. The van der Waals surface area contributed by atoms with Crippen LogP contribution in [0, 0.1) is 6.92 Å². The normalized spacial score (nSPS) is 13.6. The fourth-order valence-electron chi connectivity index (χ4n) is 5.92. The van der Waals surface area contributed by atoms with Gasteiger partial charge in [0.15, 0.2) is 0 Å². The SMILES string of the molecule is CCCCn1c(=O)c(NC(=O)Nc2c(SC)cc(C)nc2SC)c(-c2cccc(OCCCN3CCCCC3)c2)c2cccnc21. The summed E-state index contributed by atoms with van der Waals surface area (Å²) in [6.07, 6.45) is 12.1. The number of carbonyl (C=O) groups is 1. The van der Waals surface area contributed by atoms with Crippen LogP contribution in [-0.4, -0.2) is 64.2 Å². The summed E-state index contributed by atoms with van der Waals surface area (Å²) in [4.78, 5) is 40.6. The number of urea groups is 1. The number of benzene rings is 1. The Kier molecular flexibility index (Phi) is 12.0. The van der Waals surface area contributed by atoms with Crippen molar-refractivity contribution in [3.8, 4) is 16.9 Å². The van der Waals surface area contributed by atoms with E-state index in [0.29, 0.717) is 35.1 Å². The average Bonchev–Trinajstić information content (AvgIpc) is 3.08. The molecular weight excluding hydrogens is 617 g/mol. The molecule has 4 aromatic rings. The zero-order chi connectivity index (χ0) is 32.5. The number of aromatic nitrogens is 3. The largest absolute Gasteiger partial charge is 0.494 e. The van der Waals surface area contributed by atoms with Crippen molar-refractivity contribution >= 4 is 52.0 Å². The molecule has 4 heterocycles. The third-order valence-corrected chi connectivity index (χ3v) is 9.63. The highest BCUT2D eigenvalue weighted by molar-refractivity contribution is 7.99. The van der Waals surface area contributed by atoms with Gasteiger partial charge in [0.25, 0.3) is 5.56 Å². The highest BCUT2D eigenvalue weighted by atomic mass is 32.2. The second-order valence-electron chi connectivity index (χ2n) is 11.5. The van der Waals surface area contributed by atoms with Crippen molar-refractivity contribution in [2.24, 2.45) is 0 Å². The van der Waals surface area contributed by atoms with E-state index < -0.39 is 6.03 Å². The Morgan fingerprint density at radius 3 is 2.54 bits per heavy atom. The van der Waals surface area contributed by atoms with Crippen molar-refractivity contribution < 1.29 is 9.53 Å². The molecule has 244 valence electrons. The summed E-state index contributed by atoms with van der Waals surface area (Å²) in [5.74, 6) is 0.721. The van der Waals surface area contributed by atoms with Crippen LogP contribution < -0.4 is 20.9 Å². The predicted molar refractivity (Wildman–Crippen MR) is 192 cm³/mol. The Morgan fingerprint density at radius 2 is 1.78 bits per heavy atom. The second-order valence-corrected chi connectivity index (χ2v) is 13.1. The quantitative estimate of drug-likeness (QED) is 0.110.